The van der Waals surface area contributed by atoms with Crippen LogP contribution in [0.5, 0.6) is 0 Å². The molecule has 0 unspecified atom stereocenters. The number of hydrogen-bond acceptors (Lipinski definition) is 1. The number of unbranched alkanes of at least 4 members (excludes halogenated alkanes) is 1. The number of halogens is 1. The molecule has 1 aliphatic carbocycles. The van der Waals surface area contributed by atoms with Crippen LogP contribution in [0, 0.1) is 11.7 Å². The summed E-state index contributed by atoms with van der Waals surface area (Å²) >= 11 is 0. The summed E-state index contributed by atoms with van der Waals surface area (Å²) < 4.78 is 15.5. The van der Waals surface area contributed by atoms with Crippen LogP contribution in [-0.2, 0) is 17.9 Å². The van der Waals surface area contributed by atoms with Gasteiger partial charge in [-0.05, 0) is 49.1 Å². The Bertz CT molecular complexity index is 705. The molecule has 1 aliphatic rings. The zero-order valence-electron chi connectivity index (χ0n) is 15.0. The molecule has 1 fully saturated rings. The quantitative estimate of drug-likeness (QED) is 0.688. The van der Waals surface area contributed by atoms with Crippen LogP contribution in [0.2, 0.25) is 0 Å². The van der Waals surface area contributed by atoms with Crippen LogP contribution in [0.3, 0.4) is 0 Å². The van der Waals surface area contributed by atoms with E-state index in [9.17, 15) is 9.18 Å². The number of rotatable bonds is 8. The average Bonchev–Trinajstić information content (AvgIpc) is 2.96. The van der Waals surface area contributed by atoms with E-state index in [4.69, 9.17) is 0 Å². The van der Waals surface area contributed by atoms with Gasteiger partial charge in [0.1, 0.15) is 5.82 Å². The molecule has 0 aliphatic heterocycles. The molecule has 0 spiro atoms. The van der Waals surface area contributed by atoms with Gasteiger partial charge < -0.3 is 9.47 Å². The number of carbonyl (C=O) groups excluding carboxylic acids is 1. The molecule has 1 aromatic carbocycles. The van der Waals surface area contributed by atoms with Crippen molar-refractivity contribution in [3.05, 3.63) is 59.7 Å². The topological polar surface area (TPSA) is 25.2 Å². The Kier molecular flexibility index (Phi) is 5.90. The third-order valence-corrected chi connectivity index (χ3v) is 5.07. The summed E-state index contributed by atoms with van der Waals surface area (Å²) in [5.41, 5.74) is 2.04. The van der Waals surface area contributed by atoms with Crippen LogP contribution in [0.25, 0.3) is 0 Å². The highest BCUT2D eigenvalue weighted by molar-refractivity contribution is 5.79. The molecule has 0 radical (unpaired) electrons. The maximum atomic E-state index is 13.4. The number of hydrogen-bond donors (Lipinski definition) is 0. The minimum Gasteiger partial charge on any atom is -0.345 e. The maximum Gasteiger partial charge on any atom is 0.226 e. The molecule has 1 aromatic heterocycles. The second kappa shape index (κ2) is 8.32. The van der Waals surface area contributed by atoms with Gasteiger partial charge in [-0.25, -0.2) is 4.39 Å². The lowest BCUT2D eigenvalue weighted by atomic mass is 9.84. The van der Waals surface area contributed by atoms with Crippen molar-refractivity contribution in [2.24, 2.45) is 5.92 Å². The highest BCUT2D eigenvalue weighted by Crippen LogP contribution is 2.29. The molecule has 0 atom stereocenters. The zero-order valence-corrected chi connectivity index (χ0v) is 15.0. The number of amides is 1. The summed E-state index contributed by atoms with van der Waals surface area (Å²) in [6.45, 7) is 4.23. The van der Waals surface area contributed by atoms with E-state index in [1.807, 2.05) is 23.2 Å². The van der Waals surface area contributed by atoms with Crippen molar-refractivity contribution in [3.63, 3.8) is 0 Å². The molecule has 1 saturated carbocycles. The zero-order chi connectivity index (χ0) is 17.6. The lowest BCUT2D eigenvalue weighted by Crippen LogP contribution is -2.39. The van der Waals surface area contributed by atoms with Gasteiger partial charge in [-0.3, -0.25) is 4.79 Å². The standard InChI is InChI=1S/C21H27FN2O/c1-2-3-12-24(21(25)18-8-5-9-18)16-20-11-6-13-23(20)15-17-7-4-10-19(22)14-17/h4,6-7,10-11,13-14,18H,2-3,5,8-9,12,15-16H2,1H3. The number of carbonyl (C=O) groups is 1. The van der Waals surface area contributed by atoms with Crippen LogP contribution < -0.4 is 0 Å². The molecule has 25 heavy (non-hydrogen) atoms. The predicted molar refractivity (Wildman–Crippen MR) is 97.6 cm³/mol. The second-order valence-corrected chi connectivity index (χ2v) is 7.00. The Labute approximate surface area is 149 Å². The molecule has 2 aromatic rings. The van der Waals surface area contributed by atoms with Crippen LogP contribution in [0.15, 0.2) is 42.6 Å². The highest BCUT2D eigenvalue weighted by atomic mass is 19.1. The normalized spacial score (nSPS) is 14.3. The van der Waals surface area contributed by atoms with E-state index in [0.717, 1.165) is 43.5 Å². The molecule has 1 amide bonds. The van der Waals surface area contributed by atoms with Gasteiger partial charge in [0.25, 0.3) is 0 Å². The Hall–Kier alpha value is -2.10. The molecule has 1 heterocycles. The minimum absolute atomic E-state index is 0.212. The molecular formula is C21H27FN2O. The first-order chi connectivity index (χ1) is 12.2. The van der Waals surface area contributed by atoms with E-state index in [0.29, 0.717) is 19.0 Å². The molecule has 0 saturated heterocycles. The third-order valence-electron chi connectivity index (χ3n) is 5.07. The van der Waals surface area contributed by atoms with Gasteiger partial charge in [0, 0.05) is 30.9 Å². The fourth-order valence-corrected chi connectivity index (χ4v) is 3.30. The van der Waals surface area contributed by atoms with E-state index in [-0.39, 0.29) is 11.7 Å². The maximum absolute atomic E-state index is 13.4. The SMILES string of the molecule is CCCCN(Cc1cccn1Cc1cccc(F)c1)C(=O)C1CCC1. The van der Waals surface area contributed by atoms with Crippen LogP contribution in [0.4, 0.5) is 4.39 Å². The van der Waals surface area contributed by atoms with Crippen molar-refractivity contribution < 1.29 is 9.18 Å². The number of nitrogens with zero attached hydrogens (tertiary/aromatic N) is 2. The van der Waals surface area contributed by atoms with Crippen molar-refractivity contribution in [2.45, 2.75) is 52.1 Å². The van der Waals surface area contributed by atoms with Crippen molar-refractivity contribution in [1.82, 2.24) is 9.47 Å². The van der Waals surface area contributed by atoms with Gasteiger partial charge in [0.2, 0.25) is 5.91 Å². The lowest BCUT2D eigenvalue weighted by Gasteiger charge is -2.32. The summed E-state index contributed by atoms with van der Waals surface area (Å²) in [6, 6.07) is 10.8. The fourth-order valence-electron chi connectivity index (χ4n) is 3.30. The van der Waals surface area contributed by atoms with Crippen LogP contribution in [-0.4, -0.2) is 21.9 Å². The predicted octanol–water partition coefficient (Wildman–Crippen LogP) is 4.60. The van der Waals surface area contributed by atoms with Crippen LogP contribution >= 0.6 is 0 Å². The summed E-state index contributed by atoms with van der Waals surface area (Å²) in [6.07, 6.45) is 7.36. The van der Waals surface area contributed by atoms with E-state index in [1.165, 1.54) is 12.5 Å². The monoisotopic (exact) mass is 342 g/mol. The van der Waals surface area contributed by atoms with Crippen LogP contribution in [0.1, 0.15) is 50.3 Å². The first-order valence-corrected chi connectivity index (χ1v) is 9.34. The first-order valence-electron chi connectivity index (χ1n) is 9.34. The molecular weight excluding hydrogens is 315 g/mol. The van der Waals surface area contributed by atoms with Gasteiger partial charge in [-0.1, -0.05) is 31.9 Å². The summed E-state index contributed by atoms with van der Waals surface area (Å²) in [4.78, 5) is 14.8. The van der Waals surface area contributed by atoms with Gasteiger partial charge in [-0.15, -0.1) is 0 Å². The van der Waals surface area contributed by atoms with E-state index < -0.39 is 0 Å². The lowest BCUT2D eigenvalue weighted by molar-refractivity contribution is -0.139. The van der Waals surface area contributed by atoms with E-state index in [2.05, 4.69) is 17.6 Å². The minimum atomic E-state index is -0.212. The molecule has 0 bridgehead atoms. The molecule has 134 valence electrons. The number of aromatic nitrogens is 1. The van der Waals surface area contributed by atoms with E-state index in [1.54, 1.807) is 12.1 Å². The largest absolute Gasteiger partial charge is 0.345 e. The van der Waals surface area contributed by atoms with Crippen molar-refractivity contribution in [2.75, 3.05) is 6.54 Å². The summed E-state index contributed by atoms with van der Waals surface area (Å²) in [7, 11) is 0. The van der Waals surface area contributed by atoms with Gasteiger partial charge in [-0.2, -0.15) is 0 Å². The number of benzene rings is 1. The average molecular weight is 342 g/mol. The van der Waals surface area contributed by atoms with Crippen molar-refractivity contribution in [1.29, 1.82) is 0 Å². The molecule has 3 nitrogen and oxygen atoms in total. The highest BCUT2D eigenvalue weighted by Gasteiger charge is 2.29. The van der Waals surface area contributed by atoms with Gasteiger partial charge in [0.15, 0.2) is 0 Å². The summed E-state index contributed by atoms with van der Waals surface area (Å²) in [5, 5.41) is 0. The van der Waals surface area contributed by atoms with Gasteiger partial charge in [0.05, 0.1) is 6.54 Å². The van der Waals surface area contributed by atoms with Crippen molar-refractivity contribution in [3.8, 4) is 0 Å². The first kappa shape index (κ1) is 17.7. The molecule has 3 rings (SSSR count). The Morgan fingerprint density at radius 3 is 2.80 bits per heavy atom. The Balaban J connectivity index is 1.71. The molecule has 4 heteroatoms. The fraction of sp³-hybridized carbons (Fsp3) is 0.476. The Morgan fingerprint density at radius 1 is 1.28 bits per heavy atom. The Morgan fingerprint density at radius 2 is 2.12 bits per heavy atom. The second-order valence-electron chi connectivity index (χ2n) is 7.00. The van der Waals surface area contributed by atoms with Crippen molar-refractivity contribution >= 4 is 5.91 Å². The summed E-state index contributed by atoms with van der Waals surface area (Å²) in [5.74, 6) is 0.317. The van der Waals surface area contributed by atoms with Gasteiger partial charge >= 0.3 is 0 Å². The van der Waals surface area contributed by atoms with E-state index >= 15 is 0 Å². The molecule has 0 N–H and O–H groups in total. The smallest absolute Gasteiger partial charge is 0.226 e. The third kappa shape index (κ3) is 4.50.